The first kappa shape index (κ1) is 11.5. The van der Waals surface area contributed by atoms with Crippen molar-refractivity contribution in [1.82, 2.24) is 4.90 Å². The minimum atomic E-state index is -0.725. The third-order valence-electron chi connectivity index (χ3n) is 2.79. The number of ether oxygens (including phenoxy) is 1. The molecule has 1 heterocycles. The molecule has 0 aromatic carbocycles. The van der Waals surface area contributed by atoms with Gasteiger partial charge < -0.3 is 9.84 Å². The first-order valence-electron chi connectivity index (χ1n) is 5.06. The first-order chi connectivity index (χ1) is 6.56. The molecule has 0 aromatic heterocycles. The highest BCUT2D eigenvalue weighted by Gasteiger charge is 2.34. The molecule has 2 atom stereocenters. The predicted octanol–water partition coefficient (Wildman–Crippen LogP) is 0.816. The molecule has 4 nitrogen and oxygen atoms in total. The minimum absolute atomic E-state index is 0.142. The standard InChI is InChI=1S/C10H19NO3/c1-7(2)9(10(12)13)11-5-4-8(6-11)14-3/h7-9H,4-6H2,1-3H3,(H,12,13). The Balaban J connectivity index is 2.58. The smallest absolute Gasteiger partial charge is 0.321 e. The van der Waals surface area contributed by atoms with E-state index in [-0.39, 0.29) is 18.1 Å². The summed E-state index contributed by atoms with van der Waals surface area (Å²) in [6.07, 6.45) is 1.14. The lowest BCUT2D eigenvalue weighted by Crippen LogP contribution is -2.43. The molecule has 2 unspecified atom stereocenters. The first-order valence-corrected chi connectivity index (χ1v) is 5.06. The number of carbonyl (C=O) groups is 1. The molecular weight excluding hydrogens is 182 g/mol. The number of nitrogens with zero attached hydrogens (tertiary/aromatic N) is 1. The maximum Gasteiger partial charge on any atom is 0.321 e. The van der Waals surface area contributed by atoms with E-state index >= 15 is 0 Å². The largest absolute Gasteiger partial charge is 0.480 e. The fourth-order valence-electron chi connectivity index (χ4n) is 2.06. The number of carboxylic acid groups (broad SMARTS) is 1. The van der Waals surface area contributed by atoms with Gasteiger partial charge in [-0.05, 0) is 12.3 Å². The van der Waals surface area contributed by atoms with Gasteiger partial charge in [0.2, 0.25) is 0 Å². The molecule has 0 saturated carbocycles. The van der Waals surface area contributed by atoms with Crippen LogP contribution in [0.2, 0.25) is 0 Å². The van der Waals surface area contributed by atoms with Crippen molar-refractivity contribution in [3.63, 3.8) is 0 Å². The Morgan fingerprint density at radius 1 is 1.57 bits per heavy atom. The van der Waals surface area contributed by atoms with Crippen molar-refractivity contribution in [2.24, 2.45) is 5.92 Å². The van der Waals surface area contributed by atoms with Crippen LogP contribution in [0.5, 0.6) is 0 Å². The Hall–Kier alpha value is -0.610. The molecule has 1 N–H and O–H groups in total. The third kappa shape index (κ3) is 2.45. The second kappa shape index (κ2) is 4.75. The van der Waals surface area contributed by atoms with Gasteiger partial charge in [-0.2, -0.15) is 0 Å². The topological polar surface area (TPSA) is 49.8 Å². The van der Waals surface area contributed by atoms with Gasteiger partial charge in [-0.25, -0.2) is 0 Å². The molecule has 1 rings (SSSR count). The van der Waals surface area contributed by atoms with E-state index in [1.807, 2.05) is 18.7 Å². The summed E-state index contributed by atoms with van der Waals surface area (Å²) < 4.78 is 5.22. The molecule has 0 aromatic rings. The third-order valence-corrected chi connectivity index (χ3v) is 2.79. The van der Waals surface area contributed by atoms with E-state index in [0.717, 1.165) is 19.5 Å². The summed E-state index contributed by atoms with van der Waals surface area (Å²) in [5.74, 6) is -0.583. The van der Waals surface area contributed by atoms with Crippen LogP contribution in [0.1, 0.15) is 20.3 Å². The average Bonchev–Trinajstić information content (AvgIpc) is 2.51. The lowest BCUT2D eigenvalue weighted by atomic mass is 10.0. The van der Waals surface area contributed by atoms with Gasteiger partial charge in [0.15, 0.2) is 0 Å². The highest BCUT2D eigenvalue weighted by Crippen LogP contribution is 2.19. The van der Waals surface area contributed by atoms with E-state index in [1.165, 1.54) is 0 Å². The Morgan fingerprint density at radius 2 is 2.21 bits per heavy atom. The second-order valence-electron chi connectivity index (χ2n) is 4.17. The van der Waals surface area contributed by atoms with Crippen LogP contribution in [0.25, 0.3) is 0 Å². The van der Waals surface area contributed by atoms with Crippen molar-refractivity contribution in [2.75, 3.05) is 20.2 Å². The van der Waals surface area contributed by atoms with Crippen LogP contribution in [0.3, 0.4) is 0 Å². The maximum absolute atomic E-state index is 11.0. The van der Waals surface area contributed by atoms with Crippen molar-refractivity contribution in [2.45, 2.75) is 32.4 Å². The summed E-state index contributed by atoms with van der Waals surface area (Å²) in [4.78, 5) is 13.0. The van der Waals surface area contributed by atoms with Gasteiger partial charge in [-0.1, -0.05) is 13.8 Å². The van der Waals surface area contributed by atoms with E-state index in [1.54, 1.807) is 7.11 Å². The SMILES string of the molecule is COC1CCN(C(C(=O)O)C(C)C)C1. The summed E-state index contributed by atoms with van der Waals surface area (Å²) >= 11 is 0. The van der Waals surface area contributed by atoms with Crippen molar-refractivity contribution >= 4 is 5.97 Å². The molecule has 1 aliphatic heterocycles. The van der Waals surface area contributed by atoms with Gasteiger partial charge >= 0.3 is 5.97 Å². The zero-order valence-electron chi connectivity index (χ0n) is 9.06. The quantitative estimate of drug-likeness (QED) is 0.731. The molecule has 14 heavy (non-hydrogen) atoms. The average molecular weight is 201 g/mol. The van der Waals surface area contributed by atoms with Crippen LogP contribution in [0.4, 0.5) is 0 Å². The van der Waals surface area contributed by atoms with Crippen LogP contribution in [-0.2, 0) is 9.53 Å². The fraction of sp³-hybridized carbons (Fsp3) is 0.900. The summed E-state index contributed by atoms with van der Waals surface area (Å²) in [5, 5.41) is 9.08. The van der Waals surface area contributed by atoms with E-state index in [0.29, 0.717) is 0 Å². The van der Waals surface area contributed by atoms with Crippen LogP contribution < -0.4 is 0 Å². The van der Waals surface area contributed by atoms with Gasteiger partial charge in [0, 0.05) is 20.2 Å². The Labute approximate surface area is 84.8 Å². The Morgan fingerprint density at radius 3 is 2.57 bits per heavy atom. The minimum Gasteiger partial charge on any atom is -0.480 e. The number of carboxylic acids is 1. The number of hydrogen-bond acceptors (Lipinski definition) is 3. The number of methoxy groups -OCH3 is 1. The molecule has 0 radical (unpaired) electrons. The van der Waals surface area contributed by atoms with Crippen LogP contribution >= 0.6 is 0 Å². The Bertz CT molecular complexity index is 206. The summed E-state index contributed by atoms with van der Waals surface area (Å²) in [5.41, 5.74) is 0. The molecule has 0 amide bonds. The highest BCUT2D eigenvalue weighted by atomic mass is 16.5. The molecule has 1 aliphatic rings. The molecule has 1 saturated heterocycles. The van der Waals surface area contributed by atoms with Gasteiger partial charge in [-0.15, -0.1) is 0 Å². The zero-order valence-corrected chi connectivity index (χ0v) is 9.06. The number of hydrogen-bond donors (Lipinski definition) is 1. The van der Waals surface area contributed by atoms with Crippen molar-refractivity contribution in [3.8, 4) is 0 Å². The maximum atomic E-state index is 11.0. The zero-order chi connectivity index (χ0) is 10.7. The summed E-state index contributed by atoms with van der Waals surface area (Å²) in [7, 11) is 1.68. The molecular formula is C10H19NO3. The van der Waals surface area contributed by atoms with Crippen LogP contribution in [-0.4, -0.2) is 48.3 Å². The number of rotatable bonds is 4. The lowest BCUT2D eigenvalue weighted by molar-refractivity contribution is -0.144. The summed E-state index contributed by atoms with van der Waals surface area (Å²) in [6, 6.07) is -0.366. The van der Waals surface area contributed by atoms with E-state index in [4.69, 9.17) is 9.84 Å². The normalized spacial score (nSPS) is 25.6. The van der Waals surface area contributed by atoms with Gasteiger partial charge in [0.1, 0.15) is 6.04 Å². The monoisotopic (exact) mass is 201 g/mol. The van der Waals surface area contributed by atoms with E-state index < -0.39 is 5.97 Å². The van der Waals surface area contributed by atoms with E-state index in [9.17, 15) is 4.79 Å². The molecule has 1 fully saturated rings. The van der Waals surface area contributed by atoms with Gasteiger partial charge in [-0.3, -0.25) is 9.69 Å². The molecule has 0 bridgehead atoms. The second-order valence-corrected chi connectivity index (χ2v) is 4.17. The van der Waals surface area contributed by atoms with Crippen LogP contribution in [0.15, 0.2) is 0 Å². The Kier molecular flexibility index (Phi) is 3.89. The van der Waals surface area contributed by atoms with Crippen molar-refractivity contribution in [1.29, 1.82) is 0 Å². The molecule has 0 aliphatic carbocycles. The van der Waals surface area contributed by atoms with Crippen molar-refractivity contribution in [3.05, 3.63) is 0 Å². The lowest BCUT2D eigenvalue weighted by Gasteiger charge is -2.26. The van der Waals surface area contributed by atoms with Gasteiger partial charge in [0.05, 0.1) is 6.10 Å². The summed E-state index contributed by atoms with van der Waals surface area (Å²) in [6.45, 7) is 5.46. The van der Waals surface area contributed by atoms with Crippen LogP contribution in [0, 0.1) is 5.92 Å². The van der Waals surface area contributed by atoms with Crippen molar-refractivity contribution < 1.29 is 14.6 Å². The molecule has 4 heteroatoms. The number of aliphatic carboxylic acids is 1. The van der Waals surface area contributed by atoms with E-state index in [2.05, 4.69) is 0 Å². The highest BCUT2D eigenvalue weighted by molar-refractivity contribution is 5.73. The van der Waals surface area contributed by atoms with Gasteiger partial charge in [0.25, 0.3) is 0 Å². The predicted molar refractivity (Wildman–Crippen MR) is 53.2 cm³/mol. The number of likely N-dealkylation sites (tertiary alicyclic amines) is 1. The fourth-order valence-corrected chi connectivity index (χ4v) is 2.06. The molecule has 82 valence electrons. The molecule has 0 spiro atoms.